The van der Waals surface area contributed by atoms with Crippen molar-refractivity contribution >= 4 is 47.0 Å². The Kier molecular flexibility index (Phi) is 10.1. The van der Waals surface area contributed by atoms with Crippen molar-refractivity contribution in [3.05, 3.63) is 46.7 Å². The fourth-order valence-electron chi connectivity index (χ4n) is 3.51. The average Bonchev–Trinajstić information content (AvgIpc) is 3.42. The van der Waals surface area contributed by atoms with Crippen LogP contribution in [0, 0.1) is 5.92 Å². The maximum absolute atomic E-state index is 5.36. The first kappa shape index (κ1) is 23.8. The fraction of sp³-hybridized carbons (Fsp3) is 0.500. The molecule has 1 saturated heterocycles. The van der Waals surface area contributed by atoms with Crippen molar-refractivity contribution in [2.45, 2.75) is 26.2 Å². The molecule has 0 aliphatic carbocycles. The first-order valence-electron chi connectivity index (χ1n) is 10.1. The third kappa shape index (κ3) is 7.06. The Morgan fingerprint density at radius 1 is 1.34 bits per heavy atom. The number of hydrogen-bond acceptors (Lipinski definition) is 4. The summed E-state index contributed by atoms with van der Waals surface area (Å²) in [6.07, 6.45) is 1.19. The predicted octanol–water partition coefficient (Wildman–Crippen LogP) is 4.56. The molecule has 1 fully saturated rings. The second kappa shape index (κ2) is 12.3. The summed E-state index contributed by atoms with van der Waals surface area (Å²) in [5.74, 6) is 2.89. The molecule has 1 aliphatic rings. The summed E-state index contributed by atoms with van der Waals surface area (Å²) in [5, 5.41) is 11.3. The molecule has 160 valence electrons. The van der Waals surface area contributed by atoms with E-state index in [0.717, 1.165) is 44.4 Å². The van der Waals surface area contributed by atoms with E-state index in [4.69, 9.17) is 9.73 Å². The van der Waals surface area contributed by atoms with Crippen LogP contribution in [0.5, 0.6) is 5.75 Å². The Hall–Kier alpha value is -1.48. The molecule has 0 amide bonds. The fourth-order valence-corrected chi connectivity index (χ4v) is 4.30. The molecule has 2 aromatic rings. The van der Waals surface area contributed by atoms with Gasteiger partial charge in [0.1, 0.15) is 5.75 Å². The number of hydrogen-bond donors (Lipinski definition) is 2. The Labute approximate surface area is 196 Å². The van der Waals surface area contributed by atoms with Gasteiger partial charge in [-0.2, -0.15) is 11.3 Å². The maximum atomic E-state index is 5.36. The van der Waals surface area contributed by atoms with E-state index in [1.807, 2.05) is 6.07 Å². The molecule has 0 saturated carbocycles. The molecule has 1 aromatic carbocycles. The first-order chi connectivity index (χ1) is 13.7. The monoisotopic (exact) mass is 528 g/mol. The normalized spacial score (nSPS) is 17.6. The first-order valence-corrected chi connectivity index (χ1v) is 11.1. The number of anilines is 1. The molecule has 1 aliphatic heterocycles. The zero-order valence-corrected chi connectivity index (χ0v) is 20.7. The third-order valence-electron chi connectivity index (χ3n) is 5.24. The molecule has 7 heteroatoms. The van der Waals surface area contributed by atoms with Crippen molar-refractivity contribution in [2.75, 3.05) is 44.7 Å². The largest absolute Gasteiger partial charge is 0.497 e. The molecule has 2 N–H and O–H groups in total. The van der Waals surface area contributed by atoms with Crippen molar-refractivity contribution in [3.8, 4) is 5.75 Å². The van der Waals surface area contributed by atoms with Crippen LogP contribution in [0.2, 0.25) is 0 Å². The van der Waals surface area contributed by atoms with Gasteiger partial charge in [0.15, 0.2) is 5.96 Å². The summed E-state index contributed by atoms with van der Waals surface area (Å²) in [6.45, 7) is 9.11. The van der Waals surface area contributed by atoms with E-state index in [1.54, 1.807) is 18.4 Å². The molecule has 29 heavy (non-hydrogen) atoms. The van der Waals surface area contributed by atoms with Crippen molar-refractivity contribution in [1.82, 2.24) is 10.6 Å². The Balaban J connectivity index is 0.00000300. The van der Waals surface area contributed by atoms with Crippen molar-refractivity contribution < 1.29 is 4.74 Å². The average molecular weight is 529 g/mol. The molecule has 5 nitrogen and oxygen atoms in total. The number of rotatable bonds is 8. The van der Waals surface area contributed by atoms with Crippen LogP contribution in [-0.4, -0.2) is 45.8 Å². The van der Waals surface area contributed by atoms with Gasteiger partial charge < -0.3 is 20.3 Å². The van der Waals surface area contributed by atoms with E-state index < -0.39 is 0 Å². The van der Waals surface area contributed by atoms with Crippen LogP contribution in [0.3, 0.4) is 0 Å². The van der Waals surface area contributed by atoms with Gasteiger partial charge in [-0.1, -0.05) is 13.0 Å². The van der Waals surface area contributed by atoms with Crippen molar-refractivity contribution in [2.24, 2.45) is 10.9 Å². The van der Waals surface area contributed by atoms with Gasteiger partial charge in [-0.05, 0) is 53.8 Å². The maximum Gasteiger partial charge on any atom is 0.191 e. The number of ether oxygens (including phenoxy) is 1. The van der Waals surface area contributed by atoms with Crippen LogP contribution in [-0.2, 0) is 0 Å². The Morgan fingerprint density at radius 3 is 2.93 bits per heavy atom. The highest BCUT2D eigenvalue weighted by Crippen LogP contribution is 2.26. The lowest BCUT2D eigenvalue weighted by Gasteiger charge is -2.20. The minimum absolute atomic E-state index is 0. The zero-order chi connectivity index (χ0) is 19.8. The van der Waals surface area contributed by atoms with Crippen LogP contribution in [0.15, 0.2) is 46.1 Å². The summed E-state index contributed by atoms with van der Waals surface area (Å²) in [7, 11) is 1.72. The lowest BCUT2D eigenvalue weighted by molar-refractivity contribution is 0.415. The highest BCUT2D eigenvalue weighted by atomic mass is 127. The molecule has 0 radical (unpaired) electrons. The van der Waals surface area contributed by atoms with Crippen LogP contribution < -0.4 is 20.3 Å². The highest BCUT2D eigenvalue weighted by Gasteiger charge is 2.23. The minimum atomic E-state index is 0. The van der Waals surface area contributed by atoms with E-state index >= 15 is 0 Å². The Morgan fingerprint density at radius 2 is 2.21 bits per heavy atom. The lowest BCUT2D eigenvalue weighted by atomic mass is 10.1. The van der Waals surface area contributed by atoms with Crippen LogP contribution in [0.1, 0.15) is 31.7 Å². The number of nitrogens with one attached hydrogen (secondary N) is 2. The molecular formula is C22H33IN4OS. The minimum Gasteiger partial charge on any atom is -0.497 e. The van der Waals surface area contributed by atoms with E-state index in [2.05, 4.69) is 64.4 Å². The van der Waals surface area contributed by atoms with Crippen LogP contribution in [0.25, 0.3) is 0 Å². The SMILES string of the molecule is CCNC(=NCC(C)c1ccsc1)NCC1CCN(c2cccc(OC)c2)C1.I. The highest BCUT2D eigenvalue weighted by molar-refractivity contribution is 14.0. The number of benzene rings is 1. The molecule has 3 rings (SSSR count). The molecule has 2 unspecified atom stereocenters. The number of thiophene rings is 1. The molecule has 2 atom stereocenters. The van der Waals surface area contributed by atoms with Gasteiger partial charge in [-0.15, -0.1) is 24.0 Å². The Bertz CT molecular complexity index is 753. The van der Waals surface area contributed by atoms with E-state index in [9.17, 15) is 0 Å². The second-order valence-corrected chi connectivity index (χ2v) is 8.14. The summed E-state index contributed by atoms with van der Waals surface area (Å²) < 4.78 is 5.36. The number of nitrogens with zero attached hydrogens (tertiary/aromatic N) is 2. The zero-order valence-electron chi connectivity index (χ0n) is 17.6. The van der Waals surface area contributed by atoms with Crippen molar-refractivity contribution in [3.63, 3.8) is 0 Å². The van der Waals surface area contributed by atoms with E-state index in [-0.39, 0.29) is 24.0 Å². The summed E-state index contributed by atoms with van der Waals surface area (Å²) >= 11 is 1.75. The molecule has 0 spiro atoms. The van der Waals surface area contributed by atoms with Crippen molar-refractivity contribution in [1.29, 1.82) is 0 Å². The summed E-state index contributed by atoms with van der Waals surface area (Å²) in [6, 6.07) is 10.5. The molecule has 1 aromatic heterocycles. The number of aliphatic imine (C=N–C) groups is 1. The van der Waals surface area contributed by atoms with Gasteiger partial charge in [-0.3, -0.25) is 4.99 Å². The van der Waals surface area contributed by atoms with Gasteiger partial charge in [0.25, 0.3) is 0 Å². The summed E-state index contributed by atoms with van der Waals surface area (Å²) in [5.41, 5.74) is 2.61. The lowest BCUT2D eigenvalue weighted by Crippen LogP contribution is -2.40. The van der Waals surface area contributed by atoms with Gasteiger partial charge in [0.2, 0.25) is 0 Å². The van der Waals surface area contributed by atoms with Gasteiger partial charge in [-0.25, -0.2) is 0 Å². The van der Waals surface area contributed by atoms with Gasteiger partial charge >= 0.3 is 0 Å². The van der Waals surface area contributed by atoms with Gasteiger partial charge in [0.05, 0.1) is 7.11 Å². The second-order valence-electron chi connectivity index (χ2n) is 7.36. The molecule has 0 bridgehead atoms. The number of halogens is 1. The summed E-state index contributed by atoms with van der Waals surface area (Å²) in [4.78, 5) is 7.24. The topological polar surface area (TPSA) is 48.9 Å². The smallest absolute Gasteiger partial charge is 0.191 e. The van der Waals surface area contributed by atoms with E-state index in [1.165, 1.54) is 17.7 Å². The number of guanidine groups is 1. The molecular weight excluding hydrogens is 495 g/mol. The predicted molar refractivity (Wildman–Crippen MR) is 135 cm³/mol. The molecule has 2 heterocycles. The number of methoxy groups -OCH3 is 1. The van der Waals surface area contributed by atoms with E-state index in [0.29, 0.717) is 11.8 Å². The quantitative estimate of drug-likeness (QED) is 0.300. The van der Waals surface area contributed by atoms with Gasteiger partial charge in [0, 0.05) is 50.4 Å². The standard InChI is InChI=1S/C22H32N4OS.HI/c1-4-23-22(24-13-17(2)19-9-11-28-16-19)25-14-18-8-10-26(15-18)20-6-5-7-21(12-20)27-3;/h5-7,9,11-12,16-18H,4,8,10,13-15H2,1-3H3,(H2,23,24,25);1H. The van der Waals surface area contributed by atoms with Crippen LogP contribution >= 0.6 is 35.3 Å². The third-order valence-corrected chi connectivity index (χ3v) is 5.94. The van der Waals surface area contributed by atoms with Crippen LogP contribution in [0.4, 0.5) is 5.69 Å².